The fourth-order valence-electron chi connectivity index (χ4n) is 3.08. The van der Waals surface area contributed by atoms with Crippen LogP contribution >= 0.6 is 0 Å². The molecule has 1 atom stereocenters. The molecule has 0 saturated carbocycles. The first kappa shape index (κ1) is 16.3. The molecule has 1 amide bonds. The number of carbonyl (C=O) groups excluding carboxylic acids is 1. The van der Waals surface area contributed by atoms with Gasteiger partial charge in [0.1, 0.15) is 11.6 Å². The van der Waals surface area contributed by atoms with E-state index in [0.717, 1.165) is 28.4 Å². The number of para-hydroxylation sites is 1. The van der Waals surface area contributed by atoms with Crippen molar-refractivity contribution < 1.29 is 9.53 Å². The van der Waals surface area contributed by atoms with Gasteiger partial charge in [0.15, 0.2) is 6.10 Å². The minimum absolute atomic E-state index is 0.216. The Labute approximate surface area is 151 Å². The summed E-state index contributed by atoms with van der Waals surface area (Å²) >= 11 is 0. The summed E-state index contributed by atoms with van der Waals surface area (Å²) in [5.41, 5.74) is 3.48. The van der Waals surface area contributed by atoms with Crippen molar-refractivity contribution in [3.05, 3.63) is 59.0 Å². The maximum absolute atomic E-state index is 12.7. The SMILES string of the molecule is Cc1cc(C)nc(-n2nc(C)cc2NC(=O)[C@H]2Cc3ccccc3O2)n1. The highest BCUT2D eigenvalue weighted by Gasteiger charge is 2.29. The largest absolute Gasteiger partial charge is 0.480 e. The van der Waals surface area contributed by atoms with E-state index in [2.05, 4.69) is 20.4 Å². The van der Waals surface area contributed by atoms with E-state index in [9.17, 15) is 4.79 Å². The van der Waals surface area contributed by atoms with Crippen LogP contribution in [0.25, 0.3) is 5.95 Å². The highest BCUT2D eigenvalue weighted by molar-refractivity contribution is 5.94. The predicted octanol–water partition coefficient (Wildman–Crippen LogP) is 2.53. The zero-order valence-corrected chi connectivity index (χ0v) is 14.9. The van der Waals surface area contributed by atoms with Crippen LogP contribution in [0.5, 0.6) is 5.75 Å². The van der Waals surface area contributed by atoms with Gasteiger partial charge in [-0.3, -0.25) is 4.79 Å². The lowest BCUT2D eigenvalue weighted by molar-refractivity contribution is -0.122. The Kier molecular flexibility index (Phi) is 3.91. The van der Waals surface area contributed by atoms with Crippen molar-refractivity contribution in [3.63, 3.8) is 0 Å². The summed E-state index contributed by atoms with van der Waals surface area (Å²) in [5.74, 6) is 1.50. The van der Waals surface area contributed by atoms with Gasteiger partial charge >= 0.3 is 0 Å². The molecule has 0 bridgehead atoms. The lowest BCUT2D eigenvalue weighted by Gasteiger charge is -2.12. The second-order valence-corrected chi connectivity index (χ2v) is 6.44. The maximum atomic E-state index is 12.7. The summed E-state index contributed by atoms with van der Waals surface area (Å²) in [5, 5.41) is 7.32. The molecule has 3 aromatic rings. The summed E-state index contributed by atoms with van der Waals surface area (Å²) in [4.78, 5) is 21.5. The number of hydrogen-bond acceptors (Lipinski definition) is 5. The summed E-state index contributed by atoms with van der Waals surface area (Å²) in [7, 11) is 0. The van der Waals surface area contributed by atoms with Gasteiger partial charge in [0.25, 0.3) is 11.9 Å². The van der Waals surface area contributed by atoms with Crippen molar-refractivity contribution in [2.45, 2.75) is 33.3 Å². The fraction of sp³-hybridized carbons (Fsp3) is 0.263. The van der Waals surface area contributed by atoms with Crippen LogP contribution in [0.3, 0.4) is 0 Å². The monoisotopic (exact) mass is 349 g/mol. The maximum Gasteiger partial charge on any atom is 0.266 e. The number of hydrogen-bond donors (Lipinski definition) is 1. The number of aryl methyl sites for hydroxylation is 3. The van der Waals surface area contributed by atoms with Crippen LogP contribution in [-0.2, 0) is 11.2 Å². The molecule has 1 aromatic carbocycles. The summed E-state index contributed by atoms with van der Waals surface area (Å²) in [6, 6.07) is 11.4. The number of anilines is 1. The van der Waals surface area contributed by atoms with Crippen LogP contribution in [0.2, 0.25) is 0 Å². The zero-order chi connectivity index (χ0) is 18.3. The van der Waals surface area contributed by atoms with E-state index in [1.54, 1.807) is 10.7 Å². The first-order valence-corrected chi connectivity index (χ1v) is 8.44. The third-order valence-corrected chi connectivity index (χ3v) is 4.18. The van der Waals surface area contributed by atoms with Crippen LogP contribution in [0.1, 0.15) is 22.6 Å². The molecule has 1 N–H and O–H groups in total. The molecular weight excluding hydrogens is 330 g/mol. The molecule has 0 saturated heterocycles. The smallest absolute Gasteiger partial charge is 0.266 e. The Hall–Kier alpha value is -3.22. The van der Waals surface area contributed by atoms with Gasteiger partial charge in [0.05, 0.1) is 5.69 Å². The summed E-state index contributed by atoms with van der Waals surface area (Å²) in [6.07, 6.45) is -0.00828. The van der Waals surface area contributed by atoms with Crippen LogP contribution in [0, 0.1) is 20.8 Å². The van der Waals surface area contributed by atoms with Gasteiger partial charge in [-0.25, -0.2) is 9.97 Å². The Morgan fingerprint density at radius 3 is 2.58 bits per heavy atom. The average Bonchev–Trinajstić information content (AvgIpc) is 3.17. The zero-order valence-electron chi connectivity index (χ0n) is 14.9. The second-order valence-electron chi connectivity index (χ2n) is 6.44. The molecule has 0 unspecified atom stereocenters. The number of nitrogens with one attached hydrogen (secondary N) is 1. The van der Waals surface area contributed by atoms with Gasteiger partial charge in [-0.15, -0.1) is 0 Å². The van der Waals surface area contributed by atoms with Gasteiger partial charge in [0.2, 0.25) is 0 Å². The van der Waals surface area contributed by atoms with E-state index < -0.39 is 6.10 Å². The van der Waals surface area contributed by atoms with E-state index in [0.29, 0.717) is 18.2 Å². The molecule has 0 radical (unpaired) electrons. The van der Waals surface area contributed by atoms with Gasteiger partial charge in [-0.2, -0.15) is 9.78 Å². The quantitative estimate of drug-likeness (QED) is 0.786. The number of amides is 1. The molecule has 7 heteroatoms. The number of rotatable bonds is 3. The summed E-state index contributed by atoms with van der Waals surface area (Å²) in [6.45, 7) is 5.66. The Morgan fingerprint density at radius 2 is 1.85 bits per heavy atom. The van der Waals surface area contributed by atoms with Gasteiger partial charge < -0.3 is 10.1 Å². The molecule has 7 nitrogen and oxygen atoms in total. The molecule has 2 aromatic heterocycles. The fourth-order valence-corrected chi connectivity index (χ4v) is 3.08. The van der Waals surface area contributed by atoms with E-state index in [1.807, 2.05) is 51.1 Å². The highest BCUT2D eigenvalue weighted by Crippen LogP contribution is 2.28. The molecule has 3 heterocycles. The first-order chi connectivity index (χ1) is 12.5. The lowest BCUT2D eigenvalue weighted by Crippen LogP contribution is -2.32. The molecule has 0 fully saturated rings. The van der Waals surface area contributed by atoms with Crippen molar-refractivity contribution in [1.29, 1.82) is 0 Å². The number of nitrogens with zero attached hydrogens (tertiary/aromatic N) is 4. The number of benzene rings is 1. The molecule has 132 valence electrons. The van der Waals surface area contributed by atoms with E-state index in [4.69, 9.17) is 4.74 Å². The highest BCUT2D eigenvalue weighted by atomic mass is 16.5. The molecule has 0 spiro atoms. The lowest BCUT2D eigenvalue weighted by atomic mass is 10.1. The molecule has 0 aliphatic carbocycles. The standard InChI is InChI=1S/C19H19N5O2/c1-11-8-12(2)21-19(20-11)24-17(9-13(3)23-24)22-18(25)16-10-14-6-4-5-7-15(14)26-16/h4-9,16H,10H2,1-3H3,(H,22,25)/t16-/m1/s1. The number of fused-ring (bicyclic) bond motifs is 1. The van der Waals surface area contributed by atoms with Crippen molar-refractivity contribution in [2.75, 3.05) is 5.32 Å². The number of carbonyl (C=O) groups is 1. The first-order valence-electron chi connectivity index (χ1n) is 8.44. The van der Waals surface area contributed by atoms with Gasteiger partial charge in [0, 0.05) is 23.9 Å². The molecular formula is C19H19N5O2. The number of ether oxygens (including phenoxy) is 1. The van der Waals surface area contributed by atoms with Crippen molar-refractivity contribution in [2.24, 2.45) is 0 Å². The predicted molar refractivity (Wildman–Crippen MR) is 96.6 cm³/mol. The molecule has 26 heavy (non-hydrogen) atoms. The van der Waals surface area contributed by atoms with Crippen molar-refractivity contribution in [1.82, 2.24) is 19.7 Å². The second kappa shape index (κ2) is 6.25. The average molecular weight is 349 g/mol. The third-order valence-electron chi connectivity index (χ3n) is 4.18. The Balaban J connectivity index is 1.59. The van der Waals surface area contributed by atoms with E-state index in [1.165, 1.54) is 0 Å². The van der Waals surface area contributed by atoms with Crippen LogP contribution in [-0.4, -0.2) is 31.8 Å². The minimum atomic E-state index is -0.559. The normalized spacial score (nSPS) is 15.4. The topological polar surface area (TPSA) is 81.9 Å². The Bertz CT molecular complexity index is 950. The third kappa shape index (κ3) is 3.03. The van der Waals surface area contributed by atoms with Crippen LogP contribution in [0.15, 0.2) is 36.4 Å². The van der Waals surface area contributed by atoms with Crippen LogP contribution in [0.4, 0.5) is 5.82 Å². The minimum Gasteiger partial charge on any atom is -0.480 e. The Morgan fingerprint density at radius 1 is 1.12 bits per heavy atom. The molecule has 4 rings (SSSR count). The number of aromatic nitrogens is 4. The van der Waals surface area contributed by atoms with Crippen molar-refractivity contribution >= 4 is 11.7 Å². The summed E-state index contributed by atoms with van der Waals surface area (Å²) < 4.78 is 7.31. The molecule has 1 aliphatic rings. The van der Waals surface area contributed by atoms with Crippen molar-refractivity contribution in [3.8, 4) is 11.7 Å². The van der Waals surface area contributed by atoms with E-state index in [-0.39, 0.29) is 5.91 Å². The van der Waals surface area contributed by atoms with Gasteiger partial charge in [-0.05, 0) is 38.5 Å². The molecule has 1 aliphatic heterocycles. The van der Waals surface area contributed by atoms with Crippen LogP contribution < -0.4 is 10.1 Å². The van der Waals surface area contributed by atoms with E-state index >= 15 is 0 Å². The van der Waals surface area contributed by atoms with Gasteiger partial charge in [-0.1, -0.05) is 18.2 Å².